The van der Waals surface area contributed by atoms with Crippen molar-refractivity contribution in [2.75, 3.05) is 13.1 Å². The molecule has 0 saturated carbocycles. The maximum Gasteiger partial charge on any atom is 0.336 e. The Morgan fingerprint density at radius 3 is 2.33 bits per heavy atom. The molecule has 0 spiro atoms. The molecule has 1 aliphatic carbocycles. The van der Waals surface area contributed by atoms with Crippen LogP contribution in [0.25, 0.3) is 33.4 Å². The molecule has 3 aliphatic rings. The van der Waals surface area contributed by atoms with Crippen molar-refractivity contribution in [2.24, 2.45) is 5.92 Å². The van der Waals surface area contributed by atoms with Crippen LogP contribution >= 0.6 is 0 Å². The molecule has 202 valence electrons. The molecule has 0 unspecified atom stereocenters. The Morgan fingerprint density at radius 1 is 0.850 bits per heavy atom. The fourth-order valence-corrected chi connectivity index (χ4v) is 5.19. The Morgan fingerprint density at radius 2 is 1.57 bits per heavy atom. The number of aromatic nitrogens is 1. The van der Waals surface area contributed by atoms with E-state index in [1.54, 1.807) is 29.2 Å². The van der Waals surface area contributed by atoms with Crippen LogP contribution in [0.2, 0.25) is 0 Å². The second kappa shape index (κ2) is 9.81. The summed E-state index contributed by atoms with van der Waals surface area (Å²) < 4.78 is 6.60. The predicted octanol–water partition coefficient (Wildman–Crippen LogP) is 3.99. The van der Waals surface area contributed by atoms with Crippen molar-refractivity contribution < 1.29 is 34.2 Å². The van der Waals surface area contributed by atoms with Gasteiger partial charge in [-0.2, -0.15) is 0 Å². The Labute approximate surface area is 227 Å². The molecule has 2 aliphatic heterocycles. The zero-order valence-corrected chi connectivity index (χ0v) is 21.1. The highest BCUT2D eigenvalue weighted by Crippen LogP contribution is 2.42. The van der Waals surface area contributed by atoms with Gasteiger partial charge < -0.3 is 29.5 Å². The second-order valence-electron chi connectivity index (χ2n) is 9.68. The van der Waals surface area contributed by atoms with Crippen molar-refractivity contribution >= 4 is 22.8 Å². The highest BCUT2D eigenvalue weighted by atomic mass is 16.7. The first-order valence-electron chi connectivity index (χ1n) is 12.7. The van der Waals surface area contributed by atoms with E-state index in [4.69, 9.17) is 9.25 Å². The van der Waals surface area contributed by atoms with Crippen molar-refractivity contribution in [3.05, 3.63) is 88.6 Å². The number of benzene rings is 3. The van der Waals surface area contributed by atoms with Crippen molar-refractivity contribution in [3.8, 4) is 40.0 Å². The minimum Gasteiger partial charge on any atom is -0.508 e. The molecule has 40 heavy (non-hydrogen) atoms. The number of phenols is 1. The number of carbonyl (C=O) groups excluding carboxylic acids is 2. The molecule has 6 rings (SSSR count). The first-order valence-corrected chi connectivity index (χ1v) is 12.7. The number of hydrogen-bond acceptors (Lipinski definition) is 8. The van der Waals surface area contributed by atoms with Crippen molar-refractivity contribution in [3.63, 3.8) is 0 Å². The summed E-state index contributed by atoms with van der Waals surface area (Å²) in [5.74, 6) is -1.80. The van der Waals surface area contributed by atoms with Crippen LogP contribution in [0.1, 0.15) is 23.2 Å². The van der Waals surface area contributed by atoms with Gasteiger partial charge in [-0.15, -0.1) is 4.73 Å². The standard InChI is InChI=1S/C30H24N2O8/c33-18-5-7-22-24(15-18)39-25-16-19(34)6-8-23(25)28(22)20-3-1-2-4-21(20)29(37)31-13-11-17(12-14-31)30(38)40-32-26(35)9-10-27(32)36/h1-10,15-17,33,35-36H,11-14H2. The second-order valence-corrected chi connectivity index (χ2v) is 9.68. The van der Waals surface area contributed by atoms with Crippen LogP contribution in [0.4, 0.5) is 0 Å². The lowest BCUT2D eigenvalue weighted by molar-refractivity contribution is -0.151. The summed E-state index contributed by atoms with van der Waals surface area (Å²) in [7, 11) is 0. The van der Waals surface area contributed by atoms with Gasteiger partial charge in [0.2, 0.25) is 11.8 Å². The first-order chi connectivity index (χ1) is 19.3. The summed E-state index contributed by atoms with van der Waals surface area (Å²) in [6, 6.07) is 18.8. The van der Waals surface area contributed by atoms with Gasteiger partial charge in [0.25, 0.3) is 5.91 Å². The molecular weight excluding hydrogens is 516 g/mol. The van der Waals surface area contributed by atoms with E-state index in [1.807, 2.05) is 12.1 Å². The topological polar surface area (TPSA) is 142 Å². The molecule has 0 radical (unpaired) electrons. The number of likely N-dealkylation sites (tertiary alicyclic amines) is 1. The fourth-order valence-electron chi connectivity index (χ4n) is 5.19. The van der Waals surface area contributed by atoms with Crippen molar-refractivity contribution in [1.82, 2.24) is 9.63 Å². The van der Waals surface area contributed by atoms with Gasteiger partial charge in [-0.25, -0.2) is 4.79 Å². The summed E-state index contributed by atoms with van der Waals surface area (Å²) >= 11 is 0. The molecule has 10 heteroatoms. The van der Waals surface area contributed by atoms with Crippen LogP contribution in [0, 0.1) is 5.92 Å². The molecule has 0 atom stereocenters. The molecule has 3 N–H and O–H groups in total. The molecular formula is C30H24N2O8. The van der Waals surface area contributed by atoms with E-state index in [1.165, 1.54) is 36.4 Å². The molecule has 0 bridgehead atoms. The van der Waals surface area contributed by atoms with E-state index in [0.29, 0.717) is 69.6 Å². The van der Waals surface area contributed by atoms with Gasteiger partial charge in [0.1, 0.15) is 17.1 Å². The SMILES string of the molecule is O=C(On1c(O)ccc1O)C1CCN(C(=O)c2ccccc2-c2c3ccc(=O)cc-3oc3cc(O)ccc23)CC1. The zero-order valence-electron chi connectivity index (χ0n) is 21.1. The summed E-state index contributed by atoms with van der Waals surface area (Å²) in [6.07, 6.45) is 0.689. The van der Waals surface area contributed by atoms with E-state index in [-0.39, 0.29) is 17.1 Å². The van der Waals surface area contributed by atoms with Crippen LogP contribution in [0.3, 0.4) is 0 Å². The number of phenolic OH excluding ortho intramolecular Hbond substituents is 1. The third-order valence-corrected chi connectivity index (χ3v) is 7.20. The zero-order chi connectivity index (χ0) is 28.0. The Bertz CT molecular complexity index is 1780. The lowest BCUT2D eigenvalue weighted by Crippen LogP contribution is -2.42. The van der Waals surface area contributed by atoms with Gasteiger partial charge >= 0.3 is 5.97 Å². The maximum atomic E-state index is 13.8. The average molecular weight is 541 g/mol. The quantitative estimate of drug-likeness (QED) is 0.291. The molecule has 10 nitrogen and oxygen atoms in total. The highest BCUT2D eigenvalue weighted by molar-refractivity contribution is 6.09. The minimum absolute atomic E-state index is 0.00721. The van der Waals surface area contributed by atoms with Crippen LogP contribution in [-0.2, 0) is 4.79 Å². The van der Waals surface area contributed by atoms with Crippen LogP contribution in [0.5, 0.6) is 17.5 Å². The minimum atomic E-state index is -0.610. The molecule has 3 heterocycles. The summed E-state index contributed by atoms with van der Waals surface area (Å²) in [5, 5.41) is 30.2. The van der Waals surface area contributed by atoms with Gasteiger partial charge in [0.05, 0.1) is 5.92 Å². The number of piperidine rings is 1. The van der Waals surface area contributed by atoms with E-state index in [2.05, 4.69) is 0 Å². The molecule has 1 saturated heterocycles. The Kier molecular flexibility index (Phi) is 6.14. The number of nitrogens with zero attached hydrogens (tertiary/aromatic N) is 2. The number of aromatic hydroxyl groups is 3. The summed E-state index contributed by atoms with van der Waals surface area (Å²) in [4.78, 5) is 45.3. The maximum absolute atomic E-state index is 13.8. The number of hydrogen-bond donors (Lipinski definition) is 3. The first kappa shape index (κ1) is 25.1. The third kappa shape index (κ3) is 4.39. The number of amides is 1. The van der Waals surface area contributed by atoms with E-state index >= 15 is 0 Å². The van der Waals surface area contributed by atoms with Crippen LogP contribution < -0.4 is 10.3 Å². The smallest absolute Gasteiger partial charge is 0.336 e. The highest BCUT2D eigenvalue weighted by Gasteiger charge is 2.31. The molecule has 1 fully saturated rings. The lowest BCUT2D eigenvalue weighted by Gasteiger charge is -2.31. The third-order valence-electron chi connectivity index (χ3n) is 7.20. The van der Waals surface area contributed by atoms with Crippen LogP contribution in [0.15, 0.2) is 82.0 Å². The summed E-state index contributed by atoms with van der Waals surface area (Å²) in [6.45, 7) is 0.602. The van der Waals surface area contributed by atoms with Crippen molar-refractivity contribution in [1.29, 1.82) is 0 Å². The number of rotatable bonds is 4. The van der Waals surface area contributed by atoms with Gasteiger partial charge in [0, 0.05) is 59.4 Å². The molecule has 1 amide bonds. The van der Waals surface area contributed by atoms with E-state index in [0.717, 1.165) is 0 Å². The average Bonchev–Trinajstić information content (AvgIpc) is 3.27. The van der Waals surface area contributed by atoms with E-state index < -0.39 is 23.6 Å². The van der Waals surface area contributed by atoms with Crippen LogP contribution in [-0.4, -0.2) is 49.9 Å². The fraction of sp³-hybridized carbons (Fsp3) is 0.167. The molecule has 3 aromatic rings. The molecule has 1 aromatic heterocycles. The van der Waals surface area contributed by atoms with Gasteiger partial charge in [0.15, 0.2) is 5.43 Å². The monoisotopic (exact) mass is 540 g/mol. The lowest BCUT2D eigenvalue weighted by atomic mass is 9.90. The Hall–Kier alpha value is -5.25. The number of fused-ring (bicyclic) bond motifs is 2. The molecule has 2 aromatic carbocycles. The van der Waals surface area contributed by atoms with E-state index in [9.17, 15) is 29.7 Å². The summed E-state index contributed by atoms with van der Waals surface area (Å²) in [5.41, 5.74) is 2.58. The van der Waals surface area contributed by atoms with Gasteiger partial charge in [-0.3, -0.25) is 9.59 Å². The van der Waals surface area contributed by atoms with Crippen molar-refractivity contribution in [2.45, 2.75) is 12.8 Å². The predicted molar refractivity (Wildman–Crippen MR) is 144 cm³/mol. The largest absolute Gasteiger partial charge is 0.508 e. The van der Waals surface area contributed by atoms with Gasteiger partial charge in [-0.05, 0) is 48.7 Å². The number of carbonyl (C=O) groups is 2. The Balaban J connectivity index is 1.31. The normalized spacial score (nSPS) is 14.1. The van der Waals surface area contributed by atoms with Gasteiger partial charge in [-0.1, -0.05) is 18.2 Å².